The molecule has 0 fully saturated rings. The fraction of sp³-hybridized carbons (Fsp3) is 0.273. The maximum absolute atomic E-state index is 12.5. The van der Waals surface area contributed by atoms with E-state index in [1.54, 1.807) is 12.1 Å². The summed E-state index contributed by atoms with van der Waals surface area (Å²) < 4.78 is 0. The first kappa shape index (κ1) is 19.2. The lowest BCUT2D eigenvalue weighted by Gasteiger charge is -2.26. The number of thioether (sulfide) groups is 1. The van der Waals surface area contributed by atoms with Crippen molar-refractivity contribution in [3.05, 3.63) is 77.9 Å². The van der Waals surface area contributed by atoms with E-state index >= 15 is 0 Å². The lowest BCUT2D eigenvalue weighted by atomic mass is 9.88. The van der Waals surface area contributed by atoms with E-state index in [1.165, 1.54) is 22.9 Å². The number of nitrogens with one attached hydrogen (secondary N) is 2. The molecule has 0 heterocycles. The smallest absolute Gasteiger partial charge is 0.252 e. The summed E-state index contributed by atoms with van der Waals surface area (Å²) >= 11 is 1.39. The van der Waals surface area contributed by atoms with Gasteiger partial charge in [0.2, 0.25) is 5.91 Å². The predicted octanol–water partition coefficient (Wildman–Crippen LogP) is 3.89. The maximum atomic E-state index is 12.5. The summed E-state index contributed by atoms with van der Waals surface area (Å²) in [7, 11) is 0. The van der Waals surface area contributed by atoms with Crippen LogP contribution in [-0.2, 0) is 11.2 Å². The van der Waals surface area contributed by atoms with Crippen LogP contribution in [0.2, 0.25) is 0 Å². The molecular formula is C22H24N2O2S. The Morgan fingerprint density at radius 3 is 2.78 bits per heavy atom. The number of carbonyl (C=O) groups excluding carboxylic acids is 2. The van der Waals surface area contributed by atoms with Crippen molar-refractivity contribution in [1.29, 1.82) is 0 Å². The summed E-state index contributed by atoms with van der Waals surface area (Å²) in [6, 6.07) is 15.7. The van der Waals surface area contributed by atoms with Crippen molar-refractivity contribution in [1.82, 2.24) is 10.6 Å². The number of aryl methyl sites for hydroxylation is 1. The normalized spacial score (nSPS) is 15.5. The van der Waals surface area contributed by atoms with E-state index < -0.39 is 0 Å². The van der Waals surface area contributed by atoms with E-state index in [9.17, 15) is 9.59 Å². The Hall–Kier alpha value is -2.53. The summed E-state index contributed by atoms with van der Waals surface area (Å²) in [6.45, 7) is 4.02. The molecule has 0 saturated heterocycles. The highest BCUT2D eigenvalue weighted by Gasteiger charge is 2.21. The number of benzene rings is 2. The number of hydrogen-bond donors (Lipinski definition) is 2. The SMILES string of the molecule is C=CCNC(=O)c1ccccc1SCC(=O)N[C@H]1CCCc2ccccc21. The molecule has 2 aromatic carbocycles. The molecule has 1 aliphatic rings. The van der Waals surface area contributed by atoms with Crippen molar-refractivity contribution in [2.75, 3.05) is 12.3 Å². The van der Waals surface area contributed by atoms with E-state index in [0.717, 1.165) is 24.2 Å². The highest BCUT2D eigenvalue weighted by atomic mass is 32.2. The fourth-order valence-corrected chi connectivity index (χ4v) is 4.18. The molecule has 1 atom stereocenters. The van der Waals surface area contributed by atoms with Gasteiger partial charge < -0.3 is 10.6 Å². The van der Waals surface area contributed by atoms with Gasteiger partial charge in [0.1, 0.15) is 0 Å². The molecule has 0 bridgehead atoms. The highest BCUT2D eigenvalue weighted by molar-refractivity contribution is 8.00. The second-order valence-electron chi connectivity index (χ2n) is 6.49. The molecular weight excluding hydrogens is 356 g/mol. The Balaban J connectivity index is 1.61. The standard InChI is InChI=1S/C22H24N2O2S/c1-2-14-23-22(26)18-11-5-6-13-20(18)27-15-21(25)24-19-12-7-9-16-8-3-4-10-17(16)19/h2-6,8,10-11,13,19H,1,7,9,12,14-15H2,(H,23,26)(H,24,25)/t19-/m0/s1. The van der Waals surface area contributed by atoms with Gasteiger partial charge in [0.25, 0.3) is 5.91 Å². The Morgan fingerprint density at radius 2 is 1.93 bits per heavy atom. The number of carbonyl (C=O) groups is 2. The molecule has 0 aliphatic heterocycles. The highest BCUT2D eigenvalue weighted by Crippen LogP contribution is 2.30. The van der Waals surface area contributed by atoms with Crippen LogP contribution in [0.25, 0.3) is 0 Å². The molecule has 1 aliphatic carbocycles. The third-order valence-corrected chi connectivity index (χ3v) is 5.68. The van der Waals surface area contributed by atoms with Crippen molar-refractivity contribution in [2.24, 2.45) is 0 Å². The predicted molar refractivity (Wildman–Crippen MR) is 110 cm³/mol. The van der Waals surface area contributed by atoms with Gasteiger partial charge in [-0.3, -0.25) is 9.59 Å². The summed E-state index contributed by atoms with van der Waals surface area (Å²) in [5.74, 6) is 0.118. The molecule has 5 heteroatoms. The zero-order valence-corrected chi connectivity index (χ0v) is 16.1. The van der Waals surface area contributed by atoms with E-state index in [1.807, 2.05) is 30.3 Å². The van der Waals surface area contributed by atoms with Gasteiger partial charge in [-0.1, -0.05) is 42.5 Å². The first-order valence-electron chi connectivity index (χ1n) is 9.17. The van der Waals surface area contributed by atoms with Crippen LogP contribution in [0.4, 0.5) is 0 Å². The third kappa shape index (κ3) is 5.01. The van der Waals surface area contributed by atoms with Gasteiger partial charge in [0, 0.05) is 11.4 Å². The maximum Gasteiger partial charge on any atom is 0.252 e. The summed E-state index contributed by atoms with van der Waals surface area (Å²) in [4.78, 5) is 25.6. The molecule has 0 radical (unpaired) electrons. The minimum Gasteiger partial charge on any atom is -0.349 e. The molecule has 4 nitrogen and oxygen atoms in total. The summed E-state index contributed by atoms with van der Waals surface area (Å²) in [5.41, 5.74) is 3.14. The van der Waals surface area contributed by atoms with Crippen LogP contribution < -0.4 is 10.6 Å². The largest absolute Gasteiger partial charge is 0.349 e. The van der Waals surface area contributed by atoms with Gasteiger partial charge in [-0.15, -0.1) is 18.3 Å². The Kier molecular flexibility index (Phi) is 6.71. The van der Waals surface area contributed by atoms with Crippen LogP contribution in [0, 0.1) is 0 Å². The Bertz CT molecular complexity index is 835. The molecule has 27 heavy (non-hydrogen) atoms. The number of amides is 2. The van der Waals surface area contributed by atoms with E-state index in [4.69, 9.17) is 0 Å². The van der Waals surface area contributed by atoms with Crippen LogP contribution in [0.15, 0.2) is 66.1 Å². The van der Waals surface area contributed by atoms with E-state index in [2.05, 4.69) is 29.3 Å². The lowest BCUT2D eigenvalue weighted by molar-refractivity contribution is -0.119. The fourth-order valence-electron chi connectivity index (χ4n) is 3.32. The first-order chi connectivity index (χ1) is 13.2. The zero-order valence-electron chi connectivity index (χ0n) is 15.2. The Morgan fingerprint density at radius 1 is 1.15 bits per heavy atom. The van der Waals surface area contributed by atoms with Crippen molar-refractivity contribution in [3.63, 3.8) is 0 Å². The van der Waals surface area contributed by atoms with Crippen molar-refractivity contribution in [3.8, 4) is 0 Å². The van der Waals surface area contributed by atoms with Crippen molar-refractivity contribution in [2.45, 2.75) is 30.2 Å². The van der Waals surface area contributed by atoms with E-state index in [-0.39, 0.29) is 23.6 Å². The summed E-state index contributed by atoms with van der Waals surface area (Å²) in [5, 5.41) is 5.94. The average molecular weight is 381 g/mol. The first-order valence-corrected chi connectivity index (χ1v) is 10.2. The molecule has 0 spiro atoms. The molecule has 0 aromatic heterocycles. The number of fused-ring (bicyclic) bond motifs is 1. The van der Waals surface area contributed by atoms with Crippen LogP contribution in [0.3, 0.4) is 0 Å². The monoisotopic (exact) mass is 380 g/mol. The second kappa shape index (κ2) is 9.42. The molecule has 2 amide bonds. The molecule has 2 N–H and O–H groups in total. The van der Waals surface area contributed by atoms with Crippen molar-refractivity contribution >= 4 is 23.6 Å². The van der Waals surface area contributed by atoms with Gasteiger partial charge in [0.05, 0.1) is 17.4 Å². The molecule has 2 aromatic rings. The number of rotatable bonds is 7. The molecule has 3 rings (SSSR count). The molecule has 0 unspecified atom stereocenters. The lowest BCUT2D eigenvalue weighted by Crippen LogP contribution is -2.32. The average Bonchev–Trinajstić information content (AvgIpc) is 2.71. The van der Waals surface area contributed by atoms with Crippen molar-refractivity contribution < 1.29 is 9.59 Å². The van der Waals surface area contributed by atoms with Gasteiger partial charge in [-0.05, 0) is 42.5 Å². The zero-order chi connectivity index (χ0) is 19.1. The third-order valence-electron chi connectivity index (χ3n) is 4.60. The van der Waals surface area contributed by atoms with Gasteiger partial charge in [-0.25, -0.2) is 0 Å². The second-order valence-corrected chi connectivity index (χ2v) is 7.51. The topological polar surface area (TPSA) is 58.2 Å². The minimum absolute atomic E-state index is 0.0111. The van der Waals surface area contributed by atoms with Crippen LogP contribution >= 0.6 is 11.8 Å². The van der Waals surface area contributed by atoms with Gasteiger partial charge in [0.15, 0.2) is 0 Å². The minimum atomic E-state index is -0.153. The van der Waals surface area contributed by atoms with Crippen LogP contribution in [0.5, 0.6) is 0 Å². The quantitative estimate of drug-likeness (QED) is 0.566. The van der Waals surface area contributed by atoms with Gasteiger partial charge in [-0.2, -0.15) is 0 Å². The molecule has 140 valence electrons. The summed E-state index contributed by atoms with van der Waals surface area (Å²) in [6.07, 6.45) is 4.77. The van der Waals surface area contributed by atoms with E-state index in [0.29, 0.717) is 12.1 Å². The molecule has 0 saturated carbocycles. The Labute approximate surface area is 164 Å². The van der Waals surface area contributed by atoms with Crippen LogP contribution in [-0.4, -0.2) is 24.1 Å². The van der Waals surface area contributed by atoms with Crippen LogP contribution in [0.1, 0.15) is 40.4 Å². The van der Waals surface area contributed by atoms with Gasteiger partial charge >= 0.3 is 0 Å². The number of hydrogen-bond acceptors (Lipinski definition) is 3.